The Balaban J connectivity index is 2.42. The number of aryl methyl sites for hydroxylation is 2. The summed E-state index contributed by atoms with van der Waals surface area (Å²) >= 11 is 0. The Bertz CT molecular complexity index is 640. The van der Waals surface area contributed by atoms with Crippen molar-refractivity contribution in [3.63, 3.8) is 0 Å². The highest BCUT2D eigenvalue weighted by Gasteiger charge is 2.17. The number of phenols is 2. The lowest BCUT2D eigenvalue weighted by molar-refractivity contribution is -0.141. The van der Waals surface area contributed by atoms with Gasteiger partial charge in [0.2, 0.25) is 0 Å². The molecule has 0 aromatic heterocycles. The van der Waals surface area contributed by atoms with Gasteiger partial charge < -0.3 is 14.9 Å². The van der Waals surface area contributed by atoms with Crippen LogP contribution in [0.3, 0.4) is 0 Å². The van der Waals surface area contributed by atoms with Crippen LogP contribution in [0.4, 0.5) is 0 Å². The van der Waals surface area contributed by atoms with Crippen LogP contribution in [0.25, 0.3) is 0 Å². The van der Waals surface area contributed by atoms with E-state index in [2.05, 4.69) is 0 Å². The van der Waals surface area contributed by atoms with Gasteiger partial charge in [0.15, 0.2) is 0 Å². The largest absolute Gasteiger partial charge is 0.508 e. The Morgan fingerprint density at radius 1 is 1.00 bits per heavy atom. The second-order valence-electron chi connectivity index (χ2n) is 5.45. The van der Waals surface area contributed by atoms with Crippen LogP contribution in [0, 0.1) is 13.8 Å². The molecule has 0 radical (unpaired) electrons. The van der Waals surface area contributed by atoms with Gasteiger partial charge in [0.05, 0.1) is 0 Å². The highest BCUT2D eigenvalue weighted by atomic mass is 16.5. The molecule has 0 fully saturated rings. The van der Waals surface area contributed by atoms with Gasteiger partial charge >= 0.3 is 5.97 Å². The zero-order valence-corrected chi connectivity index (χ0v) is 13.0. The number of hydrogen-bond donors (Lipinski definition) is 2. The number of aromatic hydroxyl groups is 2. The topological polar surface area (TPSA) is 66.8 Å². The molecule has 2 aromatic rings. The fraction of sp³-hybridized carbons (Fsp3) is 0.278. The molecule has 0 aliphatic heterocycles. The van der Waals surface area contributed by atoms with Crippen LogP contribution < -0.4 is 0 Å². The second kappa shape index (κ2) is 6.52. The van der Waals surface area contributed by atoms with Gasteiger partial charge in [-0.05, 0) is 48.2 Å². The third-order valence-electron chi connectivity index (χ3n) is 3.70. The molecule has 2 N–H and O–H groups in total. The standard InChI is InChI=1S/C18H20O4/c1-11-8-14(4-6-17(11)20)16(10-22-13(3)19)15-5-7-18(21)12(2)9-15/h4-9,16,20-21H,10H2,1-3H3. The van der Waals surface area contributed by atoms with E-state index >= 15 is 0 Å². The van der Waals surface area contributed by atoms with Crippen molar-refractivity contribution in [2.75, 3.05) is 6.61 Å². The van der Waals surface area contributed by atoms with E-state index in [-0.39, 0.29) is 30.0 Å². The highest BCUT2D eigenvalue weighted by Crippen LogP contribution is 2.31. The number of carbonyl (C=O) groups is 1. The van der Waals surface area contributed by atoms with E-state index in [1.54, 1.807) is 12.1 Å². The molecule has 0 aliphatic rings. The number of benzene rings is 2. The zero-order valence-electron chi connectivity index (χ0n) is 13.0. The number of carbonyl (C=O) groups excluding carboxylic acids is 1. The predicted molar refractivity (Wildman–Crippen MR) is 84.2 cm³/mol. The molecule has 2 rings (SSSR count). The first-order valence-corrected chi connectivity index (χ1v) is 7.11. The van der Waals surface area contributed by atoms with E-state index in [4.69, 9.17) is 4.74 Å². The summed E-state index contributed by atoms with van der Waals surface area (Å²) in [6.07, 6.45) is 0. The third kappa shape index (κ3) is 3.58. The Morgan fingerprint density at radius 3 is 1.82 bits per heavy atom. The van der Waals surface area contributed by atoms with Crippen LogP contribution in [0.2, 0.25) is 0 Å². The van der Waals surface area contributed by atoms with Crippen LogP contribution in [-0.4, -0.2) is 22.8 Å². The molecule has 0 atom stereocenters. The first-order chi connectivity index (χ1) is 10.4. The van der Waals surface area contributed by atoms with Crippen molar-refractivity contribution in [3.05, 3.63) is 58.7 Å². The monoisotopic (exact) mass is 300 g/mol. The maximum Gasteiger partial charge on any atom is 0.302 e. The van der Waals surface area contributed by atoms with Gasteiger partial charge in [-0.25, -0.2) is 0 Å². The van der Waals surface area contributed by atoms with Crippen molar-refractivity contribution in [3.8, 4) is 11.5 Å². The average molecular weight is 300 g/mol. The van der Waals surface area contributed by atoms with Crippen LogP contribution in [0.1, 0.15) is 35.1 Å². The fourth-order valence-corrected chi connectivity index (χ4v) is 2.38. The minimum atomic E-state index is -0.337. The minimum absolute atomic E-state index is 0.150. The Morgan fingerprint density at radius 2 is 1.45 bits per heavy atom. The molecular weight excluding hydrogens is 280 g/mol. The number of ether oxygens (including phenoxy) is 1. The summed E-state index contributed by atoms with van der Waals surface area (Å²) in [4.78, 5) is 11.2. The smallest absolute Gasteiger partial charge is 0.302 e. The van der Waals surface area contributed by atoms with E-state index < -0.39 is 0 Å². The molecule has 0 heterocycles. The van der Waals surface area contributed by atoms with Crippen LogP contribution in [-0.2, 0) is 9.53 Å². The van der Waals surface area contributed by atoms with E-state index in [1.807, 2.05) is 38.1 Å². The summed E-state index contributed by atoms with van der Waals surface area (Å²) in [7, 11) is 0. The number of phenolic OH excluding ortho intramolecular Hbond substituents is 2. The summed E-state index contributed by atoms with van der Waals surface area (Å²) < 4.78 is 5.19. The molecule has 0 amide bonds. The molecule has 0 bridgehead atoms. The van der Waals surface area contributed by atoms with Gasteiger partial charge in [-0.15, -0.1) is 0 Å². The molecule has 0 saturated carbocycles. The summed E-state index contributed by atoms with van der Waals surface area (Å²) in [6, 6.07) is 10.7. The van der Waals surface area contributed by atoms with Crippen molar-refractivity contribution in [1.29, 1.82) is 0 Å². The quantitative estimate of drug-likeness (QED) is 0.849. The lowest BCUT2D eigenvalue weighted by Gasteiger charge is -2.19. The Kier molecular flexibility index (Phi) is 4.71. The lowest BCUT2D eigenvalue weighted by Crippen LogP contribution is -2.12. The van der Waals surface area contributed by atoms with E-state index in [0.29, 0.717) is 0 Å². The van der Waals surface area contributed by atoms with Crippen molar-refractivity contribution < 1.29 is 19.7 Å². The van der Waals surface area contributed by atoms with Crippen molar-refractivity contribution in [2.24, 2.45) is 0 Å². The van der Waals surface area contributed by atoms with E-state index in [0.717, 1.165) is 22.3 Å². The van der Waals surface area contributed by atoms with Gasteiger partial charge in [-0.1, -0.05) is 24.3 Å². The average Bonchev–Trinajstić information content (AvgIpc) is 2.46. The fourth-order valence-electron chi connectivity index (χ4n) is 2.38. The van der Waals surface area contributed by atoms with Gasteiger partial charge in [-0.2, -0.15) is 0 Å². The summed E-state index contributed by atoms with van der Waals surface area (Å²) in [6.45, 7) is 5.23. The normalized spacial score (nSPS) is 10.7. The van der Waals surface area contributed by atoms with E-state index in [9.17, 15) is 15.0 Å². The minimum Gasteiger partial charge on any atom is -0.508 e. The van der Waals surface area contributed by atoms with Gasteiger partial charge in [0, 0.05) is 12.8 Å². The van der Waals surface area contributed by atoms with Crippen molar-refractivity contribution >= 4 is 5.97 Å². The highest BCUT2D eigenvalue weighted by molar-refractivity contribution is 5.66. The number of hydrogen-bond acceptors (Lipinski definition) is 4. The maximum absolute atomic E-state index is 11.2. The Labute approximate surface area is 130 Å². The Hall–Kier alpha value is -2.49. The molecule has 2 aromatic carbocycles. The molecule has 0 saturated heterocycles. The molecule has 4 heteroatoms. The van der Waals surface area contributed by atoms with Gasteiger partial charge in [0.1, 0.15) is 18.1 Å². The van der Waals surface area contributed by atoms with Crippen molar-refractivity contribution in [2.45, 2.75) is 26.7 Å². The van der Waals surface area contributed by atoms with E-state index in [1.165, 1.54) is 6.92 Å². The summed E-state index contributed by atoms with van der Waals surface area (Å²) in [5.74, 6) is -0.0211. The maximum atomic E-state index is 11.2. The van der Waals surface area contributed by atoms with Crippen molar-refractivity contribution in [1.82, 2.24) is 0 Å². The molecule has 116 valence electrons. The SMILES string of the molecule is CC(=O)OCC(c1ccc(O)c(C)c1)c1ccc(O)c(C)c1. The zero-order chi connectivity index (χ0) is 16.3. The van der Waals surface area contributed by atoms with Crippen LogP contribution in [0.15, 0.2) is 36.4 Å². The molecule has 4 nitrogen and oxygen atoms in total. The third-order valence-corrected chi connectivity index (χ3v) is 3.70. The first-order valence-electron chi connectivity index (χ1n) is 7.11. The molecule has 0 unspecified atom stereocenters. The molecule has 22 heavy (non-hydrogen) atoms. The molecule has 0 aliphatic carbocycles. The lowest BCUT2D eigenvalue weighted by atomic mass is 9.90. The first kappa shape index (κ1) is 15.9. The van der Waals surface area contributed by atoms with Gasteiger partial charge in [0.25, 0.3) is 0 Å². The second-order valence-corrected chi connectivity index (χ2v) is 5.45. The number of esters is 1. The van der Waals surface area contributed by atoms with Gasteiger partial charge in [-0.3, -0.25) is 4.79 Å². The summed E-state index contributed by atoms with van der Waals surface area (Å²) in [5, 5.41) is 19.4. The predicted octanol–water partition coefficient (Wildman–Crippen LogP) is 3.41. The number of rotatable bonds is 4. The van der Waals surface area contributed by atoms with Crippen LogP contribution >= 0.6 is 0 Å². The summed E-state index contributed by atoms with van der Waals surface area (Å²) in [5.41, 5.74) is 3.42. The molecule has 0 spiro atoms. The molecular formula is C18H20O4. The van der Waals surface area contributed by atoms with Crippen LogP contribution in [0.5, 0.6) is 11.5 Å².